The summed E-state index contributed by atoms with van der Waals surface area (Å²) in [4.78, 5) is 59.8. The van der Waals surface area contributed by atoms with Gasteiger partial charge in [-0.1, -0.05) is 21.3 Å². The molecule has 0 aliphatic rings. The summed E-state index contributed by atoms with van der Waals surface area (Å²) in [5.41, 5.74) is -0.673. The van der Waals surface area contributed by atoms with E-state index in [1.54, 1.807) is 20.8 Å². The van der Waals surface area contributed by atoms with Crippen LogP contribution in [0.4, 0.5) is 4.79 Å². The first-order valence-corrected chi connectivity index (χ1v) is 16.5. The van der Waals surface area contributed by atoms with Crippen LogP contribution in [0.1, 0.15) is 82.1 Å². The van der Waals surface area contributed by atoms with Gasteiger partial charge in [0.25, 0.3) is 0 Å². The molecule has 0 saturated heterocycles. The molecule has 0 spiro atoms. The Morgan fingerprint density at radius 1 is 0.673 bits per heavy atom. The van der Waals surface area contributed by atoms with Gasteiger partial charge in [0.05, 0.1) is 39.6 Å². The summed E-state index contributed by atoms with van der Waals surface area (Å²) in [6, 6.07) is -1.72. The van der Waals surface area contributed by atoms with Crippen LogP contribution >= 0.6 is 0 Å². The smallest absolute Gasteiger partial charge is 0.408 e. The van der Waals surface area contributed by atoms with Gasteiger partial charge >= 0.3 is 12.1 Å². The van der Waals surface area contributed by atoms with E-state index in [0.717, 1.165) is 13.0 Å². The minimum atomic E-state index is -1.08. The second-order valence-corrected chi connectivity index (χ2v) is 13.5. The van der Waals surface area contributed by atoms with Gasteiger partial charge in [-0.05, 0) is 73.3 Å². The van der Waals surface area contributed by atoms with Crippen molar-refractivity contribution < 1.29 is 52.8 Å². The average molecular weight is 708 g/mol. The molecule has 0 saturated carbocycles. The van der Waals surface area contributed by atoms with Gasteiger partial charge in [-0.3, -0.25) is 14.4 Å². The third-order valence-corrected chi connectivity index (χ3v) is 6.15. The Hall–Kier alpha value is -3.05. The van der Waals surface area contributed by atoms with Crippen molar-refractivity contribution in [3.8, 4) is 0 Å². The summed E-state index contributed by atoms with van der Waals surface area (Å²) < 4.78 is 26.5. The molecule has 16 heteroatoms. The molecule has 2 unspecified atom stereocenters. The van der Waals surface area contributed by atoms with Crippen LogP contribution in [-0.2, 0) is 42.9 Å². The highest BCUT2D eigenvalue weighted by Gasteiger charge is 2.26. The zero-order valence-corrected chi connectivity index (χ0v) is 30.2. The minimum Gasteiger partial charge on any atom is -0.480 e. The molecule has 288 valence electrons. The molecular weight excluding hydrogens is 642 g/mol. The van der Waals surface area contributed by atoms with Crippen LogP contribution in [0.15, 0.2) is 0 Å². The van der Waals surface area contributed by atoms with Crippen LogP contribution in [0.25, 0.3) is 0 Å². The van der Waals surface area contributed by atoms with Crippen LogP contribution in [0.3, 0.4) is 0 Å². The fraction of sp³-hybridized carbons (Fsp3) is 0.848. The maximum atomic E-state index is 12.5. The van der Waals surface area contributed by atoms with Crippen LogP contribution < -0.4 is 26.6 Å². The first-order chi connectivity index (χ1) is 22.4. The first-order valence-electron chi connectivity index (χ1n) is 16.5. The summed E-state index contributed by atoms with van der Waals surface area (Å²) in [5, 5.41) is 23.1. The Kier molecular flexibility index (Phi) is 26.3. The molecule has 2 atom stereocenters. The van der Waals surface area contributed by atoms with Crippen molar-refractivity contribution in [2.45, 2.75) is 105 Å². The number of carbonyl (C=O) groups is 5. The Labute approximate surface area is 292 Å². The lowest BCUT2D eigenvalue weighted by Gasteiger charge is -2.25. The lowest BCUT2D eigenvalue weighted by Crippen LogP contribution is -2.51. The minimum absolute atomic E-state index is 0. The Balaban J connectivity index is 0. The molecular formula is C33H65N5O11. The fourth-order valence-corrected chi connectivity index (χ4v) is 3.84. The van der Waals surface area contributed by atoms with Crippen LogP contribution in [0.5, 0.6) is 0 Å². The van der Waals surface area contributed by atoms with Gasteiger partial charge < -0.3 is 55.4 Å². The number of ether oxygens (including phenoxy) is 5. The molecule has 49 heavy (non-hydrogen) atoms. The van der Waals surface area contributed by atoms with E-state index in [9.17, 15) is 29.1 Å². The van der Waals surface area contributed by atoms with E-state index in [1.807, 2.05) is 13.8 Å². The number of hydrogen-bond donors (Lipinski definition) is 6. The Morgan fingerprint density at radius 2 is 1.20 bits per heavy atom. The van der Waals surface area contributed by atoms with Crippen molar-refractivity contribution in [1.29, 1.82) is 0 Å². The zero-order chi connectivity index (χ0) is 36.6. The molecule has 0 heterocycles. The van der Waals surface area contributed by atoms with Gasteiger partial charge in [-0.2, -0.15) is 0 Å². The highest BCUT2D eigenvalue weighted by Crippen LogP contribution is 2.09. The highest BCUT2D eigenvalue weighted by atomic mass is 16.6. The van der Waals surface area contributed by atoms with E-state index in [1.165, 1.54) is 0 Å². The molecule has 0 aliphatic heterocycles. The Morgan fingerprint density at radius 3 is 1.71 bits per heavy atom. The normalized spacial score (nSPS) is 12.8. The van der Waals surface area contributed by atoms with E-state index < -0.39 is 35.7 Å². The van der Waals surface area contributed by atoms with E-state index >= 15 is 0 Å². The monoisotopic (exact) mass is 707 g/mol. The topological polar surface area (TPSA) is 212 Å². The number of aliphatic carboxylic acids is 1. The molecule has 0 aromatic heterocycles. The lowest BCUT2D eigenvalue weighted by atomic mass is 10.0. The predicted octanol–water partition coefficient (Wildman–Crippen LogP) is 1.60. The van der Waals surface area contributed by atoms with Crippen molar-refractivity contribution in [3.05, 3.63) is 0 Å². The third kappa shape index (κ3) is 29.6. The highest BCUT2D eigenvalue weighted by molar-refractivity contribution is 5.86. The summed E-state index contributed by atoms with van der Waals surface area (Å²) in [7, 11) is 0. The molecule has 0 aromatic carbocycles. The molecule has 0 bridgehead atoms. The Bertz CT molecular complexity index is 952. The molecule has 0 rings (SSSR count). The van der Waals surface area contributed by atoms with Gasteiger partial charge in [-0.15, -0.1) is 0 Å². The van der Waals surface area contributed by atoms with Gasteiger partial charge in [0.1, 0.15) is 30.9 Å². The second kappa shape index (κ2) is 26.8. The summed E-state index contributed by atoms with van der Waals surface area (Å²) in [6.45, 7) is 17.0. The van der Waals surface area contributed by atoms with E-state index in [2.05, 4.69) is 47.4 Å². The van der Waals surface area contributed by atoms with Crippen LogP contribution in [-0.4, -0.2) is 131 Å². The zero-order valence-electron chi connectivity index (χ0n) is 30.2. The molecule has 0 fully saturated rings. The van der Waals surface area contributed by atoms with Gasteiger partial charge in [0.2, 0.25) is 17.7 Å². The number of hydrogen-bond acceptors (Lipinski definition) is 11. The number of amides is 4. The molecule has 0 aliphatic carbocycles. The summed E-state index contributed by atoms with van der Waals surface area (Å²) >= 11 is 0. The molecule has 4 amide bonds. The molecule has 16 nitrogen and oxygen atoms in total. The van der Waals surface area contributed by atoms with Crippen LogP contribution in [0, 0.1) is 5.92 Å². The standard InChI is InChI=1S/C32H61N5O11.CH4/c1-23(2)27(37-30(43)48-32(6,7)8)28(40)34-14-16-45-17-19-46-21-25(38)33-13-15-44-18-20-47-22-26(39)36-24(29(41)42)11-9-10-12-35-31(3,4)5;/h23-24,27,35H,9-22H2,1-8H3,(H,33,38)(H,34,40)(H,36,39)(H,37,43)(H,41,42);1H4. The van der Waals surface area contributed by atoms with Gasteiger partial charge in [0, 0.05) is 18.6 Å². The average Bonchev–Trinajstić information content (AvgIpc) is 2.95. The molecule has 6 N–H and O–H groups in total. The predicted molar refractivity (Wildman–Crippen MR) is 185 cm³/mol. The first kappa shape index (κ1) is 48.1. The molecule has 0 aromatic rings. The third-order valence-electron chi connectivity index (χ3n) is 6.15. The van der Waals surface area contributed by atoms with Gasteiger partial charge in [-0.25, -0.2) is 9.59 Å². The second-order valence-electron chi connectivity index (χ2n) is 13.5. The van der Waals surface area contributed by atoms with E-state index in [-0.39, 0.29) is 96.6 Å². The number of unbranched alkanes of at least 4 members (excludes halogenated alkanes) is 1. The number of carbonyl (C=O) groups excluding carboxylic acids is 4. The van der Waals surface area contributed by atoms with Crippen molar-refractivity contribution in [2.75, 3.05) is 72.5 Å². The van der Waals surface area contributed by atoms with E-state index in [4.69, 9.17) is 23.7 Å². The fourth-order valence-electron chi connectivity index (χ4n) is 3.84. The summed E-state index contributed by atoms with van der Waals surface area (Å²) in [6.07, 6.45) is 1.13. The van der Waals surface area contributed by atoms with Crippen molar-refractivity contribution in [3.63, 3.8) is 0 Å². The maximum absolute atomic E-state index is 12.5. The van der Waals surface area contributed by atoms with Crippen molar-refractivity contribution >= 4 is 29.8 Å². The lowest BCUT2D eigenvalue weighted by molar-refractivity contribution is -0.142. The maximum Gasteiger partial charge on any atom is 0.408 e. The largest absolute Gasteiger partial charge is 0.480 e. The van der Waals surface area contributed by atoms with E-state index in [0.29, 0.717) is 12.8 Å². The van der Waals surface area contributed by atoms with Crippen LogP contribution in [0.2, 0.25) is 0 Å². The number of rotatable bonds is 26. The number of carboxylic acids is 1. The summed E-state index contributed by atoms with van der Waals surface area (Å²) in [5.74, 6) is -2.41. The number of alkyl carbamates (subject to hydrolysis) is 1. The van der Waals surface area contributed by atoms with Gasteiger partial charge in [0.15, 0.2) is 0 Å². The van der Waals surface area contributed by atoms with Crippen molar-refractivity contribution in [1.82, 2.24) is 26.6 Å². The van der Waals surface area contributed by atoms with Crippen molar-refractivity contribution in [2.24, 2.45) is 5.92 Å². The SMILES string of the molecule is C.CC(C)C(NC(=O)OC(C)(C)C)C(=O)NCCOCCOCC(=O)NCCOCCOCC(=O)NC(CCCCNC(C)(C)C)C(=O)O. The number of carboxylic acid groups (broad SMARTS) is 1. The molecule has 0 radical (unpaired) electrons. The number of nitrogens with one attached hydrogen (secondary N) is 5. The quantitative estimate of drug-likeness (QED) is 0.0708.